The van der Waals surface area contributed by atoms with Gasteiger partial charge in [0.25, 0.3) is 0 Å². The number of nitrogens with one attached hydrogen (secondary N) is 1. The van der Waals surface area contributed by atoms with E-state index >= 15 is 0 Å². The molecule has 1 saturated carbocycles. The molecule has 2 aliphatic carbocycles. The van der Waals surface area contributed by atoms with Crippen LogP contribution in [0.15, 0.2) is 12.1 Å². The first-order chi connectivity index (χ1) is 16.4. The van der Waals surface area contributed by atoms with Crippen LogP contribution in [0.5, 0.6) is 11.5 Å². The molecule has 0 unspecified atom stereocenters. The average Bonchev–Trinajstić information content (AvgIpc) is 2.75. The van der Waals surface area contributed by atoms with Crippen molar-refractivity contribution in [2.24, 2.45) is 11.7 Å². The number of carboxylic acid groups (broad SMARTS) is 1. The summed E-state index contributed by atoms with van der Waals surface area (Å²) in [4.78, 5) is 26.5. The highest BCUT2D eigenvalue weighted by atomic mass is 16.5. The van der Waals surface area contributed by atoms with Crippen molar-refractivity contribution in [3.05, 3.63) is 23.3 Å². The molecule has 34 heavy (non-hydrogen) atoms. The highest BCUT2D eigenvalue weighted by molar-refractivity contribution is 6.48. The first-order valence-corrected chi connectivity index (χ1v) is 12.1. The zero-order valence-corrected chi connectivity index (χ0v) is 19.0. The largest absolute Gasteiger partial charge is 0.540 e. The number of nitrogens with two attached hydrogens (primary N) is 1. The number of aromatic carboxylic acids is 1. The molecule has 1 saturated heterocycles. The molecule has 1 aromatic carbocycles. The number of fused-ring (bicyclic) bond motifs is 3. The second-order valence-electron chi connectivity index (χ2n) is 9.67. The molecule has 2 heterocycles. The zero-order chi connectivity index (χ0) is 23.8. The van der Waals surface area contributed by atoms with Gasteiger partial charge in [0.1, 0.15) is 23.2 Å². The summed E-state index contributed by atoms with van der Waals surface area (Å²) in [6, 6.07) is 3.89. The van der Waals surface area contributed by atoms with Crippen LogP contribution in [-0.2, 0) is 4.79 Å². The molecule has 0 aromatic heterocycles. The molecule has 0 spiro atoms. The number of likely N-dealkylation sites (tertiary alicyclic amines) is 1. The quantitative estimate of drug-likeness (QED) is 0.326. The third-order valence-electron chi connectivity index (χ3n) is 7.39. The van der Waals surface area contributed by atoms with Crippen molar-refractivity contribution in [3.63, 3.8) is 0 Å². The summed E-state index contributed by atoms with van der Waals surface area (Å²) in [7, 11) is -1.16. The van der Waals surface area contributed by atoms with E-state index < -0.39 is 13.1 Å². The number of carbonyl (C=O) groups excluding carboxylic acids is 1. The summed E-state index contributed by atoms with van der Waals surface area (Å²) in [5.41, 5.74) is 6.11. The van der Waals surface area contributed by atoms with Crippen molar-refractivity contribution in [1.29, 1.82) is 0 Å². The molecule has 4 aliphatic rings. The number of rotatable bonds is 8. The van der Waals surface area contributed by atoms with E-state index in [0.717, 1.165) is 32.2 Å². The Bertz CT molecular complexity index is 1030. The second-order valence-corrected chi connectivity index (χ2v) is 9.67. The highest BCUT2D eigenvalue weighted by Gasteiger charge is 2.46. The molecule has 2 atom stereocenters. The number of hydrogen-bond acceptors (Lipinski definition) is 7. The maximum absolute atomic E-state index is 12.7. The van der Waals surface area contributed by atoms with Crippen LogP contribution in [0.3, 0.4) is 0 Å². The van der Waals surface area contributed by atoms with Crippen molar-refractivity contribution >= 4 is 19.0 Å². The lowest BCUT2D eigenvalue weighted by molar-refractivity contribution is -0.141. The highest BCUT2D eigenvalue weighted by Crippen LogP contribution is 2.48. The summed E-state index contributed by atoms with van der Waals surface area (Å²) < 4.78 is 11.5. The Hall–Kier alpha value is -2.74. The molecule has 2 aliphatic heterocycles. The predicted octanol–water partition coefficient (Wildman–Crippen LogP) is 0.815. The van der Waals surface area contributed by atoms with Gasteiger partial charge < -0.3 is 35.5 Å². The zero-order valence-electron chi connectivity index (χ0n) is 19.0. The SMILES string of the molecule is NCCNC1CCC(CC(=O)N2CC(Oc3ccc4c(c3C(=O)O)OB(O)[C@@H]3C#C[C@H]43)C2)CC1. The molecule has 180 valence electrons. The van der Waals surface area contributed by atoms with E-state index in [2.05, 4.69) is 17.2 Å². The monoisotopic (exact) mass is 467 g/mol. The summed E-state index contributed by atoms with van der Waals surface area (Å²) in [6.45, 7) is 2.34. The molecular weight excluding hydrogens is 437 g/mol. The van der Waals surface area contributed by atoms with E-state index in [1.54, 1.807) is 17.0 Å². The lowest BCUT2D eigenvalue weighted by Gasteiger charge is -2.40. The molecule has 9 nitrogen and oxygen atoms in total. The van der Waals surface area contributed by atoms with Crippen molar-refractivity contribution in [2.45, 2.75) is 56.0 Å². The van der Waals surface area contributed by atoms with E-state index in [9.17, 15) is 19.7 Å². The summed E-state index contributed by atoms with van der Waals surface area (Å²) in [5, 5.41) is 23.4. The Labute approximate surface area is 199 Å². The molecule has 5 N–H and O–H groups in total. The molecule has 1 aromatic rings. The number of ether oxygens (including phenoxy) is 1. The fourth-order valence-electron chi connectivity index (χ4n) is 5.35. The Balaban J connectivity index is 1.15. The van der Waals surface area contributed by atoms with Crippen molar-refractivity contribution < 1.29 is 29.1 Å². The first-order valence-electron chi connectivity index (χ1n) is 12.1. The maximum Gasteiger partial charge on any atom is 0.540 e. The van der Waals surface area contributed by atoms with Gasteiger partial charge in [0.2, 0.25) is 5.91 Å². The van der Waals surface area contributed by atoms with Crippen LogP contribution in [0, 0.1) is 17.8 Å². The summed E-state index contributed by atoms with van der Waals surface area (Å²) in [5.74, 6) is 4.93. The van der Waals surface area contributed by atoms with E-state index in [1.807, 2.05) is 0 Å². The Morgan fingerprint density at radius 3 is 2.65 bits per heavy atom. The van der Waals surface area contributed by atoms with Crippen molar-refractivity contribution in [3.8, 4) is 23.3 Å². The molecule has 10 heteroatoms. The molecular formula is C24H30BN3O6. The van der Waals surface area contributed by atoms with Gasteiger partial charge in [-0.3, -0.25) is 4.79 Å². The number of benzene rings is 1. The van der Waals surface area contributed by atoms with Gasteiger partial charge in [0.05, 0.1) is 24.8 Å². The lowest BCUT2D eigenvalue weighted by atomic mass is 9.57. The van der Waals surface area contributed by atoms with Crippen LogP contribution < -0.4 is 20.4 Å². The Morgan fingerprint density at radius 1 is 1.24 bits per heavy atom. The van der Waals surface area contributed by atoms with Gasteiger partial charge in [-0.1, -0.05) is 17.9 Å². The van der Waals surface area contributed by atoms with Crippen molar-refractivity contribution in [2.75, 3.05) is 26.2 Å². The second kappa shape index (κ2) is 9.49. The van der Waals surface area contributed by atoms with Crippen LogP contribution in [0.25, 0.3) is 0 Å². The maximum atomic E-state index is 12.7. The number of carboxylic acids is 1. The van der Waals surface area contributed by atoms with Crippen molar-refractivity contribution in [1.82, 2.24) is 10.2 Å². The normalized spacial score (nSPS) is 27.2. The van der Waals surface area contributed by atoms with Crippen LogP contribution in [0.1, 0.15) is 53.9 Å². The minimum Gasteiger partial charge on any atom is -0.534 e. The van der Waals surface area contributed by atoms with Gasteiger partial charge in [-0.2, -0.15) is 0 Å². The number of hydrogen-bond donors (Lipinski definition) is 4. The van der Waals surface area contributed by atoms with Crippen LogP contribution in [0.2, 0.25) is 5.82 Å². The smallest absolute Gasteiger partial charge is 0.534 e. The summed E-state index contributed by atoms with van der Waals surface area (Å²) in [6.07, 6.45) is 4.49. The average molecular weight is 467 g/mol. The fraction of sp³-hybridized carbons (Fsp3) is 0.583. The number of nitrogens with zero attached hydrogens (tertiary/aromatic N) is 1. The molecule has 2 fully saturated rings. The van der Waals surface area contributed by atoms with Crippen LogP contribution in [0.4, 0.5) is 0 Å². The predicted molar refractivity (Wildman–Crippen MR) is 125 cm³/mol. The van der Waals surface area contributed by atoms with Gasteiger partial charge in [-0.25, -0.2) is 4.79 Å². The minimum atomic E-state index is -1.19. The van der Waals surface area contributed by atoms with Gasteiger partial charge in [0.15, 0.2) is 0 Å². The molecule has 5 rings (SSSR count). The fourth-order valence-corrected chi connectivity index (χ4v) is 5.35. The number of carbonyl (C=O) groups is 2. The van der Waals surface area contributed by atoms with Gasteiger partial charge >= 0.3 is 13.1 Å². The number of amides is 1. The first kappa shape index (κ1) is 23.0. The summed E-state index contributed by atoms with van der Waals surface area (Å²) >= 11 is 0. The van der Waals surface area contributed by atoms with Gasteiger partial charge in [-0.15, -0.1) is 0 Å². The van der Waals surface area contributed by atoms with E-state index in [4.69, 9.17) is 15.1 Å². The Morgan fingerprint density at radius 2 is 2.00 bits per heavy atom. The van der Waals surface area contributed by atoms with Crippen LogP contribution in [-0.4, -0.2) is 72.4 Å². The third-order valence-corrected chi connectivity index (χ3v) is 7.39. The molecule has 0 bridgehead atoms. The topological polar surface area (TPSA) is 134 Å². The standard InChI is InChI=1S/C24H30BN3O6/c26-9-10-27-15-3-1-14(2-4-15)11-21(29)28-12-16(13-28)33-20-8-6-18-17-5-7-19(17)25(32)34-23(18)22(20)24(30)31/h6,8,14-17,19,27,32H,1-4,9-13,26H2,(H,30,31)/t14?,15?,17-,19-/m1/s1. The molecule has 1 amide bonds. The van der Waals surface area contributed by atoms with E-state index in [0.29, 0.717) is 43.6 Å². The van der Waals surface area contributed by atoms with Gasteiger partial charge in [-0.05, 0) is 37.7 Å². The van der Waals surface area contributed by atoms with Crippen LogP contribution >= 0.6 is 0 Å². The lowest BCUT2D eigenvalue weighted by Crippen LogP contribution is -2.56. The third kappa shape index (κ3) is 4.36. The minimum absolute atomic E-state index is 0.103. The van der Waals surface area contributed by atoms with E-state index in [1.165, 1.54) is 0 Å². The van der Waals surface area contributed by atoms with Gasteiger partial charge in [0, 0.05) is 31.1 Å². The van der Waals surface area contributed by atoms with E-state index in [-0.39, 0.29) is 40.8 Å². The Kier molecular flexibility index (Phi) is 6.43. The molecule has 0 radical (unpaired) electrons.